The predicted molar refractivity (Wildman–Crippen MR) is 64.2 cm³/mol. The predicted octanol–water partition coefficient (Wildman–Crippen LogP) is 2.56. The number of ether oxygens (including phenoxy) is 3. The van der Waals surface area contributed by atoms with E-state index in [1.165, 1.54) is 5.56 Å². The maximum Gasteiger partial charge on any atom is 0.119 e. The van der Waals surface area contributed by atoms with E-state index in [-0.39, 0.29) is 11.5 Å². The summed E-state index contributed by atoms with van der Waals surface area (Å²) in [6.07, 6.45) is 0.534. The van der Waals surface area contributed by atoms with Crippen LogP contribution in [0.5, 0.6) is 5.75 Å². The first-order valence-electron chi connectivity index (χ1n) is 6.11. The second-order valence-corrected chi connectivity index (χ2v) is 5.52. The van der Waals surface area contributed by atoms with Crippen LogP contribution < -0.4 is 4.74 Å². The Morgan fingerprint density at radius 3 is 2.41 bits per heavy atom. The minimum Gasteiger partial charge on any atom is -0.491 e. The summed E-state index contributed by atoms with van der Waals surface area (Å²) in [7, 11) is 0. The van der Waals surface area contributed by atoms with Crippen molar-refractivity contribution in [2.75, 3.05) is 19.8 Å². The summed E-state index contributed by atoms with van der Waals surface area (Å²) in [6, 6.07) is 8.20. The maximum atomic E-state index is 5.62. The molecule has 92 valence electrons. The molecular formula is C14H18O3. The molecule has 0 amide bonds. The van der Waals surface area contributed by atoms with E-state index in [1.807, 2.05) is 12.1 Å². The van der Waals surface area contributed by atoms with Crippen LogP contribution in [0, 0.1) is 5.41 Å². The van der Waals surface area contributed by atoms with Gasteiger partial charge in [0.15, 0.2) is 0 Å². The molecule has 0 radical (unpaired) electrons. The molecule has 0 aromatic heterocycles. The van der Waals surface area contributed by atoms with E-state index < -0.39 is 0 Å². The summed E-state index contributed by atoms with van der Waals surface area (Å²) in [5.41, 5.74) is 1.49. The summed E-state index contributed by atoms with van der Waals surface area (Å²) >= 11 is 0. The molecular weight excluding hydrogens is 216 g/mol. The number of hydrogen-bond acceptors (Lipinski definition) is 3. The van der Waals surface area contributed by atoms with Gasteiger partial charge in [-0.1, -0.05) is 26.0 Å². The average molecular weight is 234 g/mol. The molecule has 2 atom stereocenters. The van der Waals surface area contributed by atoms with Crippen molar-refractivity contribution in [3.63, 3.8) is 0 Å². The second kappa shape index (κ2) is 4.00. The van der Waals surface area contributed by atoms with E-state index in [9.17, 15) is 0 Å². The normalized spacial score (nSPS) is 29.5. The summed E-state index contributed by atoms with van der Waals surface area (Å²) in [4.78, 5) is 0. The number of rotatable bonds is 4. The molecule has 2 aliphatic heterocycles. The minimum absolute atomic E-state index is 0.225. The first kappa shape index (κ1) is 11.1. The van der Waals surface area contributed by atoms with Crippen LogP contribution in [0.2, 0.25) is 0 Å². The first-order chi connectivity index (χ1) is 8.15. The van der Waals surface area contributed by atoms with Crippen LogP contribution in [0.3, 0.4) is 0 Å². The second-order valence-electron chi connectivity index (χ2n) is 5.52. The maximum absolute atomic E-state index is 5.62. The van der Waals surface area contributed by atoms with E-state index in [1.54, 1.807) is 0 Å². The molecule has 1 aromatic rings. The zero-order valence-electron chi connectivity index (χ0n) is 10.3. The van der Waals surface area contributed by atoms with Crippen molar-refractivity contribution >= 4 is 0 Å². The van der Waals surface area contributed by atoms with Gasteiger partial charge in [0.05, 0.1) is 19.3 Å². The highest BCUT2D eigenvalue weighted by Gasteiger charge is 2.40. The Labute approximate surface area is 102 Å². The lowest BCUT2D eigenvalue weighted by atomic mass is 9.79. The van der Waals surface area contributed by atoms with Crippen molar-refractivity contribution in [3.05, 3.63) is 29.8 Å². The van der Waals surface area contributed by atoms with Crippen LogP contribution in [-0.4, -0.2) is 25.9 Å². The third-order valence-electron chi connectivity index (χ3n) is 3.35. The lowest BCUT2D eigenvalue weighted by molar-refractivity contribution is -0.172. The zero-order valence-corrected chi connectivity index (χ0v) is 10.3. The standard InChI is InChI=1S/C14H18O3/c1-14(2)9-17-13(14)10-3-5-11(6-4-10)15-7-12-8-16-12/h3-6,12-13H,7-9H2,1-2H3. The summed E-state index contributed by atoms with van der Waals surface area (Å²) < 4.78 is 16.3. The van der Waals surface area contributed by atoms with Gasteiger partial charge >= 0.3 is 0 Å². The van der Waals surface area contributed by atoms with Gasteiger partial charge in [0.1, 0.15) is 18.5 Å². The molecule has 0 saturated carbocycles. The Bertz CT molecular complexity index is 392. The largest absolute Gasteiger partial charge is 0.491 e. The van der Waals surface area contributed by atoms with Crippen molar-refractivity contribution < 1.29 is 14.2 Å². The molecule has 2 saturated heterocycles. The van der Waals surface area contributed by atoms with Crippen LogP contribution >= 0.6 is 0 Å². The molecule has 3 nitrogen and oxygen atoms in total. The smallest absolute Gasteiger partial charge is 0.119 e. The van der Waals surface area contributed by atoms with E-state index in [4.69, 9.17) is 14.2 Å². The van der Waals surface area contributed by atoms with Crippen LogP contribution in [0.15, 0.2) is 24.3 Å². The van der Waals surface area contributed by atoms with E-state index in [0.29, 0.717) is 12.7 Å². The highest BCUT2D eigenvalue weighted by Crippen LogP contribution is 2.45. The van der Waals surface area contributed by atoms with Gasteiger partial charge in [-0.2, -0.15) is 0 Å². The highest BCUT2D eigenvalue weighted by atomic mass is 16.6. The van der Waals surface area contributed by atoms with Gasteiger partial charge < -0.3 is 14.2 Å². The van der Waals surface area contributed by atoms with Crippen molar-refractivity contribution in [1.29, 1.82) is 0 Å². The SMILES string of the molecule is CC1(C)COC1c1ccc(OCC2CO2)cc1. The van der Waals surface area contributed by atoms with Gasteiger partial charge in [0, 0.05) is 5.41 Å². The molecule has 0 N–H and O–H groups in total. The molecule has 3 rings (SSSR count). The van der Waals surface area contributed by atoms with Crippen LogP contribution in [0.25, 0.3) is 0 Å². The van der Waals surface area contributed by atoms with E-state index in [2.05, 4.69) is 26.0 Å². The van der Waals surface area contributed by atoms with Gasteiger partial charge in [-0.05, 0) is 17.7 Å². The molecule has 0 bridgehead atoms. The molecule has 2 aliphatic rings. The number of epoxide rings is 1. The summed E-state index contributed by atoms with van der Waals surface area (Å²) in [6.45, 7) is 6.80. The number of hydrogen-bond donors (Lipinski definition) is 0. The molecule has 0 aliphatic carbocycles. The Kier molecular flexibility index (Phi) is 2.60. The van der Waals surface area contributed by atoms with Crippen molar-refractivity contribution in [2.24, 2.45) is 5.41 Å². The van der Waals surface area contributed by atoms with Gasteiger partial charge in [-0.15, -0.1) is 0 Å². The lowest BCUT2D eigenvalue weighted by Gasteiger charge is -2.44. The first-order valence-corrected chi connectivity index (χ1v) is 6.11. The minimum atomic E-state index is 0.225. The molecule has 2 fully saturated rings. The fourth-order valence-electron chi connectivity index (χ4n) is 2.14. The van der Waals surface area contributed by atoms with Crippen LogP contribution in [-0.2, 0) is 9.47 Å². The molecule has 0 spiro atoms. The average Bonchev–Trinajstić information content (AvgIpc) is 3.11. The molecule has 2 heterocycles. The zero-order chi connectivity index (χ0) is 11.9. The topological polar surface area (TPSA) is 31.0 Å². The van der Waals surface area contributed by atoms with Crippen molar-refractivity contribution in [1.82, 2.24) is 0 Å². The molecule has 2 unspecified atom stereocenters. The summed E-state index contributed by atoms with van der Waals surface area (Å²) in [5.74, 6) is 0.904. The fraction of sp³-hybridized carbons (Fsp3) is 0.571. The van der Waals surface area contributed by atoms with E-state index in [0.717, 1.165) is 19.0 Å². The molecule has 17 heavy (non-hydrogen) atoms. The Hall–Kier alpha value is -1.06. The Balaban J connectivity index is 1.63. The summed E-state index contributed by atoms with van der Waals surface area (Å²) in [5, 5.41) is 0. The monoisotopic (exact) mass is 234 g/mol. The lowest BCUT2D eigenvalue weighted by Crippen LogP contribution is -2.40. The van der Waals surface area contributed by atoms with Crippen LogP contribution in [0.1, 0.15) is 25.5 Å². The molecule has 1 aromatic carbocycles. The third-order valence-corrected chi connectivity index (χ3v) is 3.35. The van der Waals surface area contributed by atoms with Gasteiger partial charge in [0.25, 0.3) is 0 Å². The Morgan fingerprint density at radius 1 is 1.24 bits per heavy atom. The van der Waals surface area contributed by atoms with E-state index >= 15 is 0 Å². The fourth-order valence-corrected chi connectivity index (χ4v) is 2.14. The van der Waals surface area contributed by atoms with Gasteiger partial charge in [0.2, 0.25) is 0 Å². The van der Waals surface area contributed by atoms with Crippen molar-refractivity contribution in [2.45, 2.75) is 26.1 Å². The van der Waals surface area contributed by atoms with Crippen LogP contribution in [0.4, 0.5) is 0 Å². The van der Waals surface area contributed by atoms with Crippen molar-refractivity contribution in [3.8, 4) is 5.75 Å². The van der Waals surface area contributed by atoms with Gasteiger partial charge in [-0.3, -0.25) is 0 Å². The number of benzene rings is 1. The highest BCUT2D eigenvalue weighted by molar-refractivity contribution is 5.30. The Morgan fingerprint density at radius 2 is 1.94 bits per heavy atom. The molecule has 3 heteroatoms. The third kappa shape index (κ3) is 2.31. The van der Waals surface area contributed by atoms with Gasteiger partial charge in [-0.25, -0.2) is 0 Å². The quantitative estimate of drug-likeness (QED) is 0.750.